The summed E-state index contributed by atoms with van der Waals surface area (Å²) in [5.41, 5.74) is 1.09. The second-order valence-electron chi connectivity index (χ2n) is 3.73. The molecule has 15 heavy (non-hydrogen) atoms. The number of rotatable bonds is 3. The molecule has 0 saturated heterocycles. The average molecular weight is 269 g/mol. The first-order chi connectivity index (χ1) is 7.24. The first kappa shape index (κ1) is 10.5. The van der Waals surface area contributed by atoms with Crippen LogP contribution in [0.2, 0.25) is 0 Å². The minimum atomic E-state index is -0.0718. The van der Waals surface area contributed by atoms with Crippen LogP contribution in [0.25, 0.3) is 0 Å². The summed E-state index contributed by atoms with van der Waals surface area (Å²) in [4.78, 5) is 11.3. The van der Waals surface area contributed by atoms with Crippen LogP contribution in [0.4, 0.5) is 4.79 Å². The van der Waals surface area contributed by atoms with Crippen molar-refractivity contribution < 1.29 is 4.79 Å². The molecule has 80 valence electrons. The highest BCUT2D eigenvalue weighted by Crippen LogP contribution is 2.18. The SMILES string of the molecule is O=C(NCc1cccc(Br)c1)NC1CC1. The van der Waals surface area contributed by atoms with Gasteiger partial charge < -0.3 is 10.6 Å². The van der Waals surface area contributed by atoms with E-state index in [-0.39, 0.29) is 6.03 Å². The van der Waals surface area contributed by atoms with Gasteiger partial charge in [0.25, 0.3) is 0 Å². The third kappa shape index (κ3) is 3.55. The number of benzene rings is 1. The van der Waals surface area contributed by atoms with Gasteiger partial charge >= 0.3 is 6.03 Å². The van der Waals surface area contributed by atoms with E-state index in [2.05, 4.69) is 26.6 Å². The van der Waals surface area contributed by atoms with E-state index in [0.717, 1.165) is 22.9 Å². The lowest BCUT2D eigenvalue weighted by molar-refractivity contribution is 0.240. The fourth-order valence-corrected chi connectivity index (χ4v) is 1.74. The molecule has 2 N–H and O–H groups in total. The number of halogens is 1. The molecule has 0 aromatic heterocycles. The highest BCUT2D eigenvalue weighted by molar-refractivity contribution is 9.10. The highest BCUT2D eigenvalue weighted by Gasteiger charge is 2.22. The lowest BCUT2D eigenvalue weighted by Gasteiger charge is -2.06. The summed E-state index contributed by atoms with van der Waals surface area (Å²) in [6.45, 7) is 0.567. The molecule has 0 bridgehead atoms. The molecule has 0 unspecified atom stereocenters. The van der Waals surface area contributed by atoms with Gasteiger partial charge in [-0.05, 0) is 30.5 Å². The van der Waals surface area contributed by atoms with Crippen molar-refractivity contribution in [1.82, 2.24) is 10.6 Å². The second-order valence-corrected chi connectivity index (χ2v) is 4.65. The zero-order valence-corrected chi connectivity index (χ0v) is 9.88. The van der Waals surface area contributed by atoms with E-state index >= 15 is 0 Å². The van der Waals surface area contributed by atoms with E-state index in [1.807, 2.05) is 24.3 Å². The molecule has 0 radical (unpaired) electrons. The quantitative estimate of drug-likeness (QED) is 0.869. The molecule has 1 aliphatic rings. The predicted octanol–water partition coefficient (Wildman–Crippen LogP) is 2.41. The number of nitrogens with one attached hydrogen (secondary N) is 2. The van der Waals surface area contributed by atoms with E-state index in [9.17, 15) is 4.79 Å². The molecule has 0 atom stereocenters. The van der Waals surface area contributed by atoms with Gasteiger partial charge in [0.2, 0.25) is 0 Å². The maximum absolute atomic E-state index is 11.3. The maximum atomic E-state index is 11.3. The largest absolute Gasteiger partial charge is 0.335 e. The molecule has 1 saturated carbocycles. The molecule has 2 amide bonds. The molecule has 0 spiro atoms. The first-order valence-electron chi connectivity index (χ1n) is 5.03. The summed E-state index contributed by atoms with van der Waals surface area (Å²) in [6.07, 6.45) is 2.23. The molecule has 4 heteroatoms. The van der Waals surface area contributed by atoms with Gasteiger partial charge in [-0.15, -0.1) is 0 Å². The molecule has 2 rings (SSSR count). The third-order valence-electron chi connectivity index (χ3n) is 2.25. The van der Waals surface area contributed by atoms with Gasteiger partial charge in [0, 0.05) is 17.1 Å². The van der Waals surface area contributed by atoms with Crippen molar-refractivity contribution in [2.75, 3.05) is 0 Å². The summed E-state index contributed by atoms with van der Waals surface area (Å²) < 4.78 is 1.03. The van der Waals surface area contributed by atoms with Crippen LogP contribution in [0.1, 0.15) is 18.4 Å². The van der Waals surface area contributed by atoms with Gasteiger partial charge in [0.15, 0.2) is 0 Å². The third-order valence-corrected chi connectivity index (χ3v) is 2.75. The zero-order chi connectivity index (χ0) is 10.7. The normalized spacial score (nSPS) is 14.7. The number of amides is 2. The van der Waals surface area contributed by atoms with Crippen molar-refractivity contribution in [3.8, 4) is 0 Å². The van der Waals surface area contributed by atoms with Crippen LogP contribution in [-0.2, 0) is 6.54 Å². The molecule has 0 aliphatic heterocycles. The standard InChI is InChI=1S/C11H13BrN2O/c12-9-3-1-2-8(6-9)7-13-11(15)14-10-4-5-10/h1-3,6,10H,4-5,7H2,(H2,13,14,15). The van der Waals surface area contributed by atoms with Crippen LogP contribution < -0.4 is 10.6 Å². The van der Waals surface area contributed by atoms with Crippen LogP contribution in [-0.4, -0.2) is 12.1 Å². The predicted molar refractivity (Wildman–Crippen MR) is 62.5 cm³/mol. The minimum absolute atomic E-state index is 0.0718. The molecule has 3 nitrogen and oxygen atoms in total. The van der Waals surface area contributed by atoms with Gasteiger partial charge in [-0.3, -0.25) is 0 Å². The van der Waals surface area contributed by atoms with E-state index in [0.29, 0.717) is 12.6 Å². The van der Waals surface area contributed by atoms with Gasteiger partial charge in [-0.25, -0.2) is 4.79 Å². The maximum Gasteiger partial charge on any atom is 0.315 e. The summed E-state index contributed by atoms with van der Waals surface area (Å²) >= 11 is 3.39. The zero-order valence-electron chi connectivity index (χ0n) is 8.29. The topological polar surface area (TPSA) is 41.1 Å². The highest BCUT2D eigenvalue weighted by atomic mass is 79.9. The second kappa shape index (κ2) is 4.66. The van der Waals surface area contributed by atoms with E-state index in [1.54, 1.807) is 0 Å². The van der Waals surface area contributed by atoms with Crippen LogP contribution in [0.15, 0.2) is 28.7 Å². The fraction of sp³-hybridized carbons (Fsp3) is 0.364. The molecular weight excluding hydrogens is 256 g/mol. The van der Waals surface area contributed by atoms with Crippen LogP contribution in [0.5, 0.6) is 0 Å². The molecule has 1 aromatic carbocycles. The van der Waals surface area contributed by atoms with Crippen molar-refractivity contribution >= 4 is 22.0 Å². The summed E-state index contributed by atoms with van der Waals surface area (Å²) in [7, 11) is 0. The molecule has 1 aliphatic carbocycles. The van der Waals surface area contributed by atoms with Crippen molar-refractivity contribution in [2.45, 2.75) is 25.4 Å². The van der Waals surface area contributed by atoms with Gasteiger partial charge in [-0.1, -0.05) is 28.1 Å². The van der Waals surface area contributed by atoms with Crippen LogP contribution in [0, 0.1) is 0 Å². The van der Waals surface area contributed by atoms with Crippen LogP contribution >= 0.6 is 15.9 Å². The van der Waals surface area contributed by atoms with Crippen LogP contribution in [0.3, 0.4) is 0 Å². The van der Waals surface area contributed by atoms with Gasteiger partial charge in [0.1, 0.15) is 0 Å². The van der Waals surface area contributed by atoms with E-state index in [1.165, 1.54) is 0 Å². The lowest BCUT2D eigenvalue weighted by atomic mass is 10.2. The molecule has 1 aromatic rings. The Kier molecular flexibility index (Phi) is 3.26. The number of urea groups is 1. The summed E-state index contributed by atoms with van der Waals surface area (Å²) in [6, 6.07) is 8.25. The number of hydrogen-bond donors (Lipinski definition) is 2. The van der Waals surface area contributed by atoms with Gasteiger partial charge in [-0.2, -0.15) is 0 Å². The average Bonchev–Trinajstić information content (AvgIpc) is 2.99. The van der Waals surface area contributed by atoms with Crippen molar-refractivity contribution in [3.63, 3.8) is 0 Å². The van der Waals surface area contributed by atoms with Crippen molar-refractivity contribution in [2.24, 2.45) is 0 Å². The Morgan fingerprint density at radius 2 is 2.27 bits per heavy atom. The molecule has 1 fully saturated rings. The Bertz CT molecular complexity index is 363. The smallest absolute Gasteiger partial charge is 0.315 e. The van der Waals surface area contributed by atoms with E-state index < -0.39 is 0 Å². The fourth-order valence-electron chi connectivity index (χ4n) is 1.29. The first-order valence-corrected chi connectivity index (χ1v) is 5.82. The molecular formula is C11H13BrN2O. The number of carbonyl (C=O) groups excluding carboxylic acids is 1. The lowest BCUT2D eigenvalue weighted by Crippen LogP contribution is -2.36. The Labute approximate surface area is 97.4 Å². The summed E-state index contributed by atoms with van der Waals surface area (Å²) in [5, 5.41) is 5.70. The summed E-state index contributed by atoms with van der Waals surface area (Å²) in [5.74, 6) is 0. The Hall–Kier alpha value is -1.03. The Morgan fingerprint density at radius 1 is 1.47 bits per heavy atom. The Morgan fingerprint density at radius 3 is 2.93 bits per heavy atom. The van der Waals surface area contributed by atoms with Crippen molar-refractivity contribution in [3.05, 3.63) is 34.3 Å². The minimum Gasteiger partial charge on any atom is -0.335 e. The van der Waals surface area contributed by atoms with E-state index in [4.69, 9.17) is 0 Å². The van der Waals surface area contributed by atoms with Crippen molar-refractivity contribution in [1.29, 1.82) is 0 Å². The Balaban J connectivity index is 1.78. The van der Waals surface area contributed by atoms with Gasteiger partial charge in [0.05, 0.1) is 0 Å². The molecule has 0 heterocycles. The number of carbonyl (C=O) groups is 1. The number of hydrogen-bond acceptors (Lipinski definition) is 1. The monoisotopic (exact) mass is 268 g/mol.